The molecule has 1 aromatic carbocycles. The summed E-state index contributed by atoms with van der Waals surface area (Å²) in [4.78, 5) is 24.7. The molecule has 1 rings (SSSR count). The van der Waals surface area contributed by atoms with E-state index in [1.54, 1.807) is 28.1 Å². The van der Waals surface area contributed by atoms with Crippen LogP contribution in [0.15, 0.2) is 18.2 Å². The molecule has 5 N–H and O–H groups in total. The number of benzene rings is 1. The number of ketones is 1. The van der Waals surface area contributed by atoms with E-state index in [0.29, 0.717) is 49.9 Å². The quantitative estimate of drug-likeness (QED) is 0.203. The fourth-order valence-electron chi connectivity index (χ4n) is 4.70. The SMILES string of the molecule is COCCCOc1cc(C[C@@H](C[C@H](N)[C@@H](O)CC(C(=O)CCC(C)(C)C(N)=O)C(C)C)C(C)C)ccc1OC. The Morgan fingerprint density at radius 3 is 2.21 bits per heavy atom. The Hall–Kier alpha value is -2.16. The highest BCUT2D eigenvalue weighted by Crippen LogP contribution is 2.32. The maximum atomic E-state index is 13.0. The third-order valence-corrected chi connectivity index (χ3v) is 7.87. The predicted molar refractivity (Wildman–Crippen MR) is 156 cm³/mol. The van der Waals surface area contributed by atoms with Gasteiger partial charge in [-0.2, -0.15) is 0 Å². The van der Waals surface area contributed by atoms with Gasteiger partial charge in [-0.05, 0) is 61.1 Å². The maximum absolute atomic E-state index is 13.0. The van der Waals surface area contributed by atoms with Crippen LogP contribution in [0.3, 0.4) is 0 Å². The lowest BCUT2D eigenvalue weighted by molar-refractivity contribution is -0.128. The van der Waals surface area contributed by atoms with E-state index in [2.05, 4.69) is 13.8 Å². The van der Waals surface area contributed by atoms with E-state index in [-0.39, 0.29) is 30.0 Å². The summed E-state index contributed by atoms with van der Waals surface area (Å²) in [6, 6.07) is 5.52. The van der Waals surface area contributed by atoms with Crippen LogP contribution in [0.5, 0.6) is 11.5 Å². The van der Waals surface area contributed by atoms with Gasteiger partial charge in [0.05, 0.1) is 19.8 Å². The number of hydrogen-bond acceptors (Lipinski definition) is 7. The van der Waals surface area contributed by atoms with Gasteiger partial charge >= 0.3 is 0 Å². The summed E-state index contributed by atoms with van der Waals surface area (Å²) >= 11 is 0. The van der Waals surface area contributed by atoms with Crippen molar-refractivity contribution in [2.45, 2.75) is 92.2 Å². The number of aliphatic hydroxyl groups is 1. The van der Waals surface area contributed by atoms with E-state index in [1.807, 2.05) is 32.0 Å². The minimum atomic E-state index is -0.803. The molecule has 1 aromatic rings. The van der Waals surface area contributed by atoms with Gasteiger partial charge < -0.3 is 30.8 Å². The molecule has 0 saturated carbocycles. The second-order valence-corrected chi connectivity index (χ2v) is 12.2. The molecule has 8 nitrogen and oxygen atoms in total. The number of amides is 1. The van der Waals surface area contributed by atoms with E-state index in [9.17, 15) is 14.7 Å². The van der Waals surface area contributed by atoms with Crippen molar-refractivity contribution in [2.75, 3.05) is 27.4 Å². The number of nitrogens with two attached hydrogens (primary N) is 2. The van der Waals surface area contributed by atoms with Crippen molar-refractivity contribution in [1.82, 2.24) is 0 Å². The van der Waals surface area contributed by atoms with Gasteiger partial charge in [-0.1, -0.05) is 47.6 Å². The summed E-state index contributed by atoms with van der Waals surface area (Å²) in [5.41, 5.74) is 12.4. The minimum absolute atomic E-state index is 0.0437. The average molecular weight is 551 g/mol. The highest BCUT2D eigenvalue weighted by molar-refractivity contribution is 5.84. The van der Waals surface area contributed by atoms with Crippen molar-refractivity contribution < 1.29 is 28.9 Å². The van der Waals surface area contributed by atoms with Gasteiger partial charge in [0.25, 0.3) is 0 Å². The molecule has 0 saturated heterocycles. The summed E-state index contributed by atoms with van der Waals surface area (Å²) in [7, 11) is 3.30. The monoisotopic (exact) mass is 550 g/mol. The smallest absolute Gasteiger partial charge is 0.223 e. The van der Waals surface area contributed by atoms with Crippen molar-refractivity contribution in [1.29, 1.82) is 0 Å². The lowest BCUT2D eigenvalue weighted by atomic mass is 9.78. The van der Waals surface area contributed by atoms with Crippen LogP contribution in [0.2, 0.25) is 0 Å². The van der Waals surface area contributed by atoms with Crippen molar-refractivity contribution >= 4 is 11.7 Å². The fourth-order valence-corrected chi connectivity index (χ4v) is 4.70. The molecule has 0 fully saturated rings. The van der Waals surface area contributed by atoms with Gasteiger partial charge in [-0.3, -0.25) is 9.59 Å². The van der Waals surface area contributed by atoms with Gasteiger partial charge in [0.15, 0.2) is 11.5 Å². The Morgan fingerprint density at radius 1 is 1.00 bits per heavy atom. The van der Waals surface area contributed by atoms with Crippen molar-refractivity contribution in [3.05, 3.63) is 23.8 Å². The molecule has 0 aliphatic heterocycles. The Kier molecular flexibility index (Phi) is 15.0. The van der Waals surface area contributed by atoms with Crippen molar-refractivity contribution in [3.63, 3.8) is 0 Å². The molecule has 0 spiro atoms. The summed E-state index contributed by atoms with van der Waals surface area (Å²) in [6.07, 6.45) is 2.34. The molecule has 0 radical (unpaired) electrons. The Labute approximate surface area is 236 Å². The van der Waals surface area contributed by atoms with Gasteiger partial charge in [0, 0.05) is 43.9 Å². The molecule has 0 aromatic heterocycles. The number of hydrogen-bond donors (Lipinski definition) is 3. The van der Waals surface area contributed by atoms with Crippen LogP contribution < -0.4 is 20.9 Å². The van der Waals surface area contributed by atoms with E-state index in [1.165, 1.54) is 0 Å². The predicted octanol–water partition coefficient (Wildman–Crippen LogP) is 4.53. The number of primary amides is 1. The van der Waals surface area contributed by atoms with Crippen LogP contribution in [-0.4, -0.2) is 56.4 Å². The number of methoxy groups -OCH3 is 2. The van der Waals surface area contributed by atoms with Crippen LogP contribution >= 0.6 is 0 Å². The summed E-state index contributed by atoms with van der Waals surface area (Å²) < 4.78 is 16.5. The maximum Gasteiger partial charge on any atom is 0.223 e. The molecule has 39 heavy (non-hydrogen) atoms. The summed E-state index contributed by atoms with van der Waals surface area (Å²) in [5, 5.41) is 11.1. The van der Waals surface area contributed by atoms with Crippen LogP contribution in [0, 0.1) is 29.1 Å². The second kappa shape index (κ2) is 16.8. The Balaban J connectivity index is 2.87. The molecule has 1 unspecified atom stereocenters. The lowest BCUT2D eigenvalue weighted by Gasteiger charge is -2.30. The van der Waals surface area contributed by atoms with E-state index >= 15 is 0 Å². The van der Waals surface area contributed by atoms with Crippen LogP contribution in [0.4, 0.5) is 0 Å². The normalized spacial score (nSPS) is 15.2. The number of aliphatic hydroxyl groups excluding tert-OH is 1. The van der Waals surface area contributed by atoms with Crippen LogP contribution in [0.25, 0.3) is 0 Å². The molecule has 0 aliphatic rings. The Bertz CT molecular complexity index is 886. The molecule has 0 heterocycles. The molecular formula is C31H54N2O6. The first-order chi connectivity index (χ1) is 18.2. The summed E-state index contributed by atoms with van der Waals surface area (Å²) in [6.45, 7) is 13.0. The van der Waals surface area contributed by atoms with Crippen LogP contribution in [-0.2, 0) is 20.7 Å². The number of Topliss-reactive ketones (excluding diaryl/α,β-unsaturated/α-hetero) is 1. The molecule has 0 aliphatic carbocycles. The first kappa shape index (κ1) is 34.9. The number of ether oxygens (including phenoxy) is 3. The van der Waals surface area contributed by atoms with Crippen LogP contribution in [0.1, 0.15) is 79.2 Å². The molecular weight excluding hydrogens is 496 g/mol. The minimum Gasteiger partial charge on any atom is -0.493 e. The molecule has 4 atom stereocenters. The first-order valence-electron chi connectivity index (χ1n) is 14.3. The third kappa shape index (κ3) is 11.9. The van der Waals surface area contributed by atoms with E-state index in [0.717, 1.165) is 18.4 Å². The zero-order chi connectivity index (χ0) is 29.8. The van der Waals surface area contributed by atoms with E-state index < -0.39 is 23.5 Å². The second-order valence-electron chi connectivity index (χ2n) is 12.2. The Morgan fingerprint density at radius 2 is 1.67 bits per heavy atom. The number of carbonyl (C=O) groups excluding carboxylic acids is 2. The lowest BCUT2D eigenvalue weighted by Crippen LogP contribution is -2.41. The standard InChI is InChI=1S/C31H54N2O6/c1-20(2)23(16-22-10-11-28(38-8)29(17-22)39-15-9-14-37-7)18-25(32)27(35)19-24(21(3)4)26(34)12-13-31(5,6)30(33)36/h10-11,17,20-21,23-25,27,35H,9,12-16,18-19,32H2,1-8H3,(H2,33,36)/t23-,24?,25-,27-/m0/s1. The summed E-state index contributed by atoms with van der Waals surface area (Å²) in [5.74, 6) is 1.32. The van der Waals surface area contributed by atoms with Crippen molar-refractivity contribution in [3.8, 4) is 11.5 Å². The number of rotatable bonds is 20. The van der Waals surface area contributed by atoms with Gasteiger partial charge in [0.1, 0.15) is 5.78 Å². The highest BCUT2D eigenvalue weighted by atomic mass is 16.5. The molecule has 8 heteroatoms. The number of carbonyl (C=O) groups is 2. The highest BCUT2D eigenvalue weighted by Gasteiger charge is 2.32. The first-order valence-corrected chi connectivity index (χ1v) is 14.3. The van der Waals surface area contributed by atoms with Gasteiger partial charge in [-0.15, -0.1) is 0 Å². The molecule has 224 valence electrons. The van der Waals surface area contributed by atoms with Crippen molar-refractivity contribution in [2.24, 2.45) is 40.6 Å². The molecule has 0 bridgehead atoms. The topological polar surface area (TPSA) is 134 Å². The molecule has 1 amide bonds. The van der Waals surface area contributed by atoms with Gasteiger partial charge in [-0.25, -0.2) is 0 Å². The van der Waals surface area contributed by atoms with E-state index in [4.69, 9.17) is 25.7 Å². The largest absolute Gasteiger partial charge is 0.493 e. The fraction of sp³-hybridized carbons (Fsp3) is 0.742. The third-order valence-electron chi connectivity index (χ3n) is 7.87. The zero-order valence-electron chi connectivity index (χ0n) is 25.5. The zero-order valence-corrected chi connectivity index (χ0v) is 25.5. The van der Waals surface area contributed by atoms with Gasteiger partial charge in [0.2, 0.25) is 5.91 Å². The average Bonchev–Trinajstić information content (AvgIpc) is 2.87.